The van der Waals surface area contributed by atoms with Crippen molar-refractivity contribution in [2.75, 3.05) is 19.5 Å². The lowest BCUT2D eigenvalue weighted by Crippen LogP contribution is -2.51. The summed E-state index contributed by atoms with van der Waals surface area (Å²) in [6.45, 7) is 3.32. The summed E-state index contributed by atoms with van der Waals surface area (Å²) >= 11 is 0. The van der Waals surface area contributed by atoms with Crippen molar-refractivity contribution in [2.24, 2.45) is 0 Å². The molecular weight excluding hydrogens is 246 g/mol. The molecule has 17 heavy (non-hydrogen) atoms. The molecular formula is C10H21NO5S. The summed E-state index contributed by atoms with van der Waals surface area (Å²) in [4.78, 5) is 10.9. The first-order chi connectivity index (χ1) is 7.84. The molecule has 0 aromatic rings. The summed E-state index contributed by atoms with van der Waals surface area (Å²) in [7, 11) is -2.38. The van der Waals surface area contributed by atoms with E-state index in [1.165, 1.54) is 7.11 Å². The molecule has 0 fully saturated rings. The third-order valence-corrected chi connectivity index (χ3v) is 4.32. The topological polar surface area (TPSA) is 92.7 Å². The number of sulfonamides is 1. The third kappa shape index (κ3) is 5.47. The van der Waals surface area contributed by atoms with Gasteiger partial charge in [-0.05, 0) is 12.8 Å². The van der Waals surface area contributed by atoms with Gasteiger partial charge in [-0.2, -0.15) is 0 Å². The number of nitrogens with one attached hydrogen (secondary N) is 1. The Hall–Kier alpha value is -0.660. The third-order valence-electron chi connectivity index (χ3n) is 2.83. The maximum atomic E-state index is 11.7. The van der Waals surface area contributed by atoms with E-state index in [2.05, 4.69) is 9.46 Å². The summed E-state index contributed by atoms with van der Waals surface area (Å²) in [5.41, 5.74) is -0.838. The second kappa shape index (κ2) is 6.93. The smallest absolute Gasteiger partial charge is 0.306 e. The lowest BCUT2D eigenvalue weighted by atomic mass is 9.96. The highest BCUT2D eigenvalue weighted by atomic mass is 32.2. The van der Waals surface area contributed by atoms with Crippen LogP contribution in [0.2, 0.25) is 0 Å². The van der Waals surface area contributed by atoms with Gasteiger partial charge in [0.25, 0.3) is 0 Å². The van der Waals surface area contributed by atoms with Gasteiger partial charge in [-0.15, -0.1) is 0 Å². The van der Waals surface area contributed by atoms with Gasteiger partial charge in [-0.25, -0.2) is 13.1 Å². The number of aliphatic hydroxyl groups is 1. The fourth-order valence-corrected chi connectivity index (χ4v) is 2.90. The van der Waals surface area contributed by atoms with E-state index in [4.69, 9.17) is 0 Å². The van der Waals surface area contributed by atoms with Crippen molar-refractivity contribution in [1.82, 2.24) is 4.72 Å². The molecule has 6 nitrogen and oxygen atoms in total. The molecule has 0 aromatic heterocycles. The van der Waals surface area contributed by atoms with Crippen LogP contribution < -0.4 is 4.72 Å². The average Bonchev–Trinajstić information content (AvgIpc) is 2.33. The Bertz CT molecular complexity index is 326. The van der Waals surface area contributed by atoms with Crippen LogP contribution in [0.5, 0.6) is 0 Å². The largest absolute Gasteiger partial charge is 0.469 e. The first kappa shape index (κ1) is 16.3. The monoisotopic (exact) mass is 267 g/mol. The standard InChI is InChI=1S/C10H21NO5S/c1-4-10(5-2,8-12)11-17(14,15)7-6-9(13)16-3/h11-12H,4-8H2,1-3H3. The molecule has 0 aromatic carbocycles. The minimum atomic E-state index is -3.59. The molecule has 2 N–H and O–H groups in total. The quantitative estimate of drug-likeness (QED) is 0.605. The van der Waals surface area contributed by atoms with Crippen molar-refractivity contribution in [3.8, 4) is 0 Å². The molecule has 0 amide bonds. The van der Waals surface area contributed by atoms with Crippen molar-refractivity contribution < 1.29 is 23.1 Å². The van der Waals surface area contributed by atoms with Crippen LogP contribution in [0, 0.1) is 0 Å². The van der Waals surface area contributed by atoms with E-state index in [0.29, 0.717) is 12.8 Å². The Labute approximate surface area is 102 Å². The van der Waals surface area contributed by atoms with E-state index in [9.17, 15) is 18.3 Å². The molecule has 0 bridgehead atoms. The fourth-order valence-electron chi connectivity index (χ4n) is 1.35. The van der Waals surface area contributed by atoms with Gasteiger partial charge >= 0.3 is 5.97 Å². The summed E-state index contributed by atoms with van der Waals surface area (Å²) < 4.78 is 30.3. The second-order valence-corrected chi connectivity index (χ2v) is 5.73. The second-order valence-electron chi connectivity index (χ2n) is 3.89. The molecule has 0 aliphatic rings. The highest BCUT2D eigenvalue weighted by Crippen LogP contribution is 2.15. The van der Waals surface area contributed by atoms with Gasteiger partial charge in [0, 0.05) is 0 Å². The van der Waals surface area contributed by atoms with Crippen LogP contribution in [0.1, 0.15) is 33.1 Å². The van der Waals surface area contributed by atoms with Gasteiger partial charge in [0.2, 0.25) is 10.0 Å². The van der Waals surface area contributed by atoms with Crippen molar-refractivity contribution in [3.05, 3.63) is 0 Å². The Morgan fingerprint density at radius 2 is 1.88 bits per heavy atom. The molecule has 0 radical (unpaired) electrons. The number of esters is 1. The first-order valence-corrected chi connectivity index (χ1v) is 7.19. The molecule has 0 atom stereocenters. The van der Waals surface area contributed by atoms with Crippen LogP contribution in [0.4, 0.5) is 0 Å². The van der Waals surface area contributed by atoms with Gasteiger partial charge < -0.3 is 9.84 Å². The molecule has 102 valence electrons. The van der Waals surface area contributed by atoms with Crippen molar-refractivity contribution in [3.63, 3.8) is 0 Å². The zero-order chi connectivity index (χ0) is 13.5. The SMILES string of the molecule is CCC(CC)(CO)NS(=O)(=O)CCC(=O)OC. The fraction of sp³-hybridized carbons (Fsp3) is 0.900. The lowest BCUT2D eigenvalue weighted by Gasteiger charge is -2.30. The predicted molar refractivity (Wildman–Crippen MR) is 64.0 cm³/mol. The number of hydrogen-bond donors (Lipinski definition) is 2. The number of carbonyl (C=O) groups excluding carboxylic acids is 1. The number of methoxy groups -OCH3 is 1. The van der Waals surface area contributed by atoms with Gasteiger partial charge in [0.15, 0.2) is 0 Å². The minimum Gasteiger partial charge on any atom is -0.469 e. The van der Waals surface area contributed by atoms with Gasteiger partial charge in [-0.3, -0.25) is 4.79 Å². The molecule has 0 unspecified atom stereocenters. The maximum absolute atomic E-state index is 11.7. The average molecular weight is 267 g/mol. The van der Waals surface area contributed by atoms with E-state index >= 15 is 0 Å². The van der Waals surface area contributed by atoms with Crippen molar-refractivity contribution >= 4 is 16.0 Å². The van der Waals surface area contributed by atoms with Crippen LogP contribution in [-0.4, -0.2) is 44.5 Å². The summed E-state index contributed by atoms with van der Waals surface area (Å²) in [6, 6.07) is 0. The highest BCUT2D eigenvalue weighted by molar-refractivity contribution is 7.89. The Balaban J connectivity index is 4.57. The van der Waals surface area contributed by atoms with Crippen LogP contribution in [0.3, 0.4) is 0 Å². The van der Waals surface area contributed by atoms with Crippen LogP contribution >= 0.6 is 0 Å². The normalized spacial score (nSPS) is 12.5. The number of carbonyl (C=O) groups is 1. The van der Waals surface area contributed by atoms with Crippen LogP contribution in [0.25, 0.3) is 0 Å². The Morgan fingerprint density at radius 3 is 2.24 bits per heavy atom. The van der Waals surface area contributed by atoms with E-state index in [1.807, 2.05) is 0 Å². The molecule has 0 aliphatic carbocycles. The molecule has 0 heterocycles. The zero-order valence-electron chi connectivity index (χ0n) is 10.5. The summed E-state index contributed by atoms with van der Waals surface area (Å²) in [5, 5.41) is 9.24. The number of hydrogen-bond acceptors (Lipinski definition) is 5. The Kier molecular flexibility index (Phi) is 6.66. The van der Waals surface area contributed by atoms with Crippen molar-refractivity contribution in [1.29, 1.82) is 0 Å². The van der Waals surface area contributed by atoms with Gasteiger partial charge in [0.05, 0.1) is 31.4 Å². The zero-order valence-corrected chi connectivity index (χ0v) is 11.3. The van der Waals surface area contributed by atoms with Crippen molar-refractivity contribution in [2.45, 2.75) is 38.6 Å². The number of ether oxygens (including phenoxy) is 1. The summed E-state index contributed by atoms with van der Waals surface area (Å²) in [6.07, 6.45) is 0.773. The molecule has 0 spiro atoms. The first-order valence-electron chi connectivity index (χ1n) is 5.54. The van der Waals surface area contributed by atoms with Crippen LogP contribution in [0.15, 0.2) is 0 Å². The molecule has 0 saturated heterocycles. The Morgan fingerprint density at radius 1 is 1.35 bits per heavy atom. The van der Waals surface area contributed by atoms with Gasteiger partial charge in [-0.1, -0.05) is 13.8 Å². The minimum absolute atomic E-state index is 0.194. The molecule has 0 aliphatic heterocycles. The number of aliphatic hydroxyl groups excluding tert-OH is 1. The molecule has 0 rings (SSSR count). The van der Waals surface area contributed by atoms with E-state index < -0.39 is 21.5 Å². The highest BCUT2D eigenvalue weighted by Gasteiger charge is 2.30. The lowest BCUT2D eigenvalue weighted by molar-refractivity contribution is -0.140. The van der Waals surface area contributed by atoms with Gasteiger partial charge in [0.1, 0.15) is 0 Å². The van der Waals surface area contributed by atoms with E-state index in [-0.39, 0.29) is 18.8 Å². The van der Waals surface area contributed by atoms with E-state index in [1.54, 1.807) is 13.8 Å². The maximum Gasteiger partial charge on any atom is 0.306 e. The summed E-state index contributed by atoms with van der Waals surface area (Å²) in [5.74, 6) is -0.903. The molecule has 0 saturated carbocycles. The van der Waals surface area contributed by atoms with E-state index in [0.717, 1.165) is 0 Å². The number of rotatable bonds is 8. The predicted octanol–water partition coefficient (Wildman–Crippen LogP) is 0.0200. The van der Waals surface area contributed by atoms with Crippen LogP contribution in [-0.2, 0) is 19.6 Å². The molecule has 7 heteroatoms.